The Bertz CT molecular complexity index is 813. The number of nitrogens with one attached hydrogen (secondary N) is 3. The molecule has 1 aliphatic heterocycles. The second-order valence-electron chi connectivity index (χ2n) is 7.10. The van der Waals surface area contributed by atoms with Gasteiger partial charge in [0.2, 0.25) is 0 Å². The average Bonchev–Trinajstić information content (AvgIpc) is 2.93. The van der Waals surface area contributed by atoms with E-state index in [0.717, 1.165) is 10.5 Å². The Labute approximate surface area is 174 Å². The molecule has 10 heteroatoms. The lowest BCUT2D eigenvalue weighted by Crippen LogP contribution is -2.45. The average molecular weight is 418 g/mol. The first-order valence-corrected chi connectivity index (χ1v) is 9.66. The van der Waals surface area contributed by atoms with Gasteiger partial charge in [0.25, 0.3) is 11.8 Å². The molecule has 2 rings (SSSR count). The zero-order valence-electron chi connectivity index (χ0n) is 17.0. The lowest BCUT2D eigenvalue weighted by molar-refractivity contribution is -0.150. The molecule has 10 nitrogen and oxygen atoms in total. The third-order valence-electron chi connectivity index (χ3n) is 4.54. The number of ether oxygens (including phenoxy) is 1. The molecule has 1 aliphatic rings. The van der Waals surface area contributed by atoms with Crippen molar-refractivity contribution in [2.45, 2.75) is 38.6 Å². The van der Waals surface area contributed by atoms with Crippen LogP contribution in [-0.4, -0.2) is 60.0 Å². The molecule has 6 amide bonds. The molecule has 0 spiro atoms. The number of esters is 1. The Balaban J connectivity index is 1.82. The second kappa shape index (κ2) is 10.4. The predicted octanol–water partition coefficient (Wildman–Crippen LogP) is 0.709. The minimum Gasteiger partial charge on any atom is -0.454 e. The van der Waals surface area contributed by atoms with Crippen LogP contribution in [0, 0.1) is 0 Å². The normalized spacial score (nSPS) is 18.0. The van der Waals surface area contributed by atoms with Gasteiger partial charge in [-0.05, 0) is 31.7 Å². The standard InChI is InChI=1S/C20H26N4O6/c1-3-11-21-18(28)22-15(25)13-30-16(26)12-24-17(27)20(2,23-19(24)29)10-9-14-7-5-4-6-8-14/h4-8H,3,9-13H2,1-2H3,(H,23,29)(H2,21,22,25,28)/t20-/m1/s1. The summed E-state index contributed by atoms with van der Waals surface area (Å²) in [6.07, 6.45) is 1.64. The van der Waals surface area contributed by atoms with Crippen molar-refractivity contribution in [3.05, 3.63) is 35.9 Å². The molecule has 0 aromatic heterocycles. The number of benzene rings is 1. The first kappa shape index (κ1) is 22.9. The number of amides is 6. The van der Waals surface area contributed by atoms with Gasteiger partial charge in [-0.25, -0.2) is 9.59 Å². The highest BCUT2D eigenvalue weighted by Crippen LogP contribution is 2.23. The fourth-order valence-corrected chi connectivity index (χ4v) is 2.87. The van der Waals surface area contributed by atoms with E-state index in [2.05, 4.69) is 10.6 Å². The molecular formula is C20H26N4O6. The summed E-state index contributed by atoms with van der Waals surface area (Å²) < 4.78 is 4.76. The first-order chi connectivity index (χ1) is 14.2. The minimum atomic E-state index is -1.14. The van der Waals surface area contributed by atoms with E-state index in [-0.39, 0.29) is 0 Å². The Kier molecular flexibility index (Phi) is 7.90. The summed E-state index contributed by atoms with van der Waals surface area (Å²) in [5.41, 5.74) is -0.116. The maximum absolute atomic E-state index is 12.7. The molecule has 1 aromatic carbocycles. The number of hydrogen-bond acceptors (Lipinski definition) is 6. The van der Waals surface area contributed by atoms with E-state index in [1.54, 1.807) is 6.92 Å². The van der Waals surface area contributed by atoms with Gasteiger partial charge in [0.05, 0.1) is 0 Å². The van der Waals surface area contributed by atoms with E-state index in [9.17, 15) is 24.0 Å². The lowest BCUT2D eigenvalue weighted by atomic mass is 9.93. The molecule has 3 N–H and O–H groups in total. The maximum atomic E-state index is 12.7. The number of rotatable bonds is 9. The van der Waals surface area contributed by atoms with Crippen molar-refractivity contribution < 1.29 is 28.7 Å². The number of nitrogens with zero attached hydrogens (tertiary/aromatic N) is 1. The van der Waals surface area contributed by atoms with Crippen LogP contribution in [0.15, 0.2) is 30.3 Å². The van der Waals surface area contributed by atoms with Crippen LogP contribution < -0.4 is 16.0 Å². The number of imide groups is 2. The fourth-order valence-electron chi connectivity index (χ4n) is 2.87. The summed E-state index contributed by atoms with van der Waals surface area (Å²) in [6, 6.07) is 8.12. The van der Waals surface area contributed by atoms with Crippen molar-refractivity contribution in [2.24, 2.45) is 0 Å². The summed E-state index contributed by atoms with van der Waals surface area (Å²) in [7, 11) is 0. The number of hydrogen-bond donors (Lipinski definition) is 3. The molecule has 0 aliphatic carbocycles. The quantitative estimate of drug-likeness (QED) is 0.399. The molecule has 1 atom stereocenters. The lowest BCUT2D eigenvalue weighted by Gasteiger charge is -2.21. The maximum Gasteiger partial charge on any atom is 0.326 e. The van der Waals surface area contributed by atoms with E-state index in [0.29, 0.717) is 25.8 Å². The predicted molar refractivity (Wildman–Crippen MR) is 106 cm³/mol. The van der Waals surface area contributed by atoms with Crippen molar-refractivity contribution in [1.82, 2.24) is 20.9 Å². The first-order valence-electron chi connectivity index (χ1n) is 9.66. The number of carbonyl (C=O) groups excluding carboxylic acids is 5. The molecule has 162 valence electrons. The van der Waals surface area contributed by atoms with Crippen molar-refractivity contribution in [1.29, 1.82) is 0 Å². The van der Waals surface area contributed by atoms with Crippen LogP contribution in [0.25, 0.3) is 0 Å². The number of carbonyl (C=O) groups is 5. The third kappa shape index (κ3) is 6.29. The summed E-state index contributed by atoms with van der Waals surface area (Å²) >= 11 is 0. The van der Waals surface area contributed by atoms with E-state index < -0.39 is 48.5 Å². The second-order valence-corrected chi connectivity index (χ2v) is 7.10. The summed E-state index contributed by atoms with van der Waals surface area (Å²) in [6.45, 7) is 2.53. The van der Waals surface area contributed by atoms with Crippen molar-refractivity contribution >= 4 is 29.8 Å². The summed E-state index contributed by atoms with van der Waals surface area (Å²) in [5.74, 6) is -2.29. The monoisotopic (exact) mass is 418 g/mol. The van der Waals surface area contributed by atoms with E-state index in [1.165, 1.54) is 0 Å². The molecule has 30 heavy (non-hydrogen) atoms. The Morgan fingerprint density at radius 3 is 2.53 bits per heavy atom. The van der Waals surface area contributed by atoms with Crippen LogP contribution in [0.5, 0.6) is 0 Å². The Morgan fingerprint density at radius 2 is 1.87 bits per heavy atom. The third-order valence-corrected chi connectivity index (χ3v) is 4.54. The molecular weight excluding hydrogens is 392 g/mol. The number of urea groups is 2. The van der Waals surface area contributed by atoms with Gasteiger partial charge in [0, 0.05) is 6.54 Å². The van der Waals surface area contributed by atoms with Crippen LogP contribution in [0.3, 0.4) is 0 Å². The summed E-state index contributed by atoms with van der Waals surface area (Å²) in [4.78, 5) is 60.6. The zero-order valence-corrected chi connectivity index (χ0v) is 17.0. The van der Waals surface area contributed by atoms with Gasteiger partial charge in [0.15, 0.2) is 6.61 Å². The van der Waals surface area contributed by atoms with Gasteiger partial charge in [0.1, 0.15) is 12.1 Å². The highest BCUT2D eigenvalue weighted by atomic mass is 16.5. The van der Waals surface area contributed by atoms with E-state index in [4.69, 9.17) is 4.74 Å². The van der Waals surface area contributed by atoms with E-state index in [1.807, 2.05) is 42.6 Å². The zero-order chi connectivity index (χ0) is 22.1. The van der Waals surface area contributed by atoms with Gasteiger partial charge in [-0.3, -0.25) is 24.6 Å². The van der Waals surface area contributed by atoms with Gasteiger partial charge in [-0.2, -0.15) is 0 Å². The van der Waals surface area contributed by atoms with Crippen molar-refractivity contribution in [3.63, 3.8) is 0 Å². The van der Waals surface area contributed by atoms with Crippen LogP contribution in [-0.2, 0) is 25.5 Å². The van der Waals surface area contributed by atoms with Crippen LogP contribution in [0.2, 0.25) is 0 Å². The van der Waals surface area contributed by atoms with Gasteiger partial charge < -0.3 is 15.4 Å². The van der Waals surface area contributed by atoms with Crippen LogP contribution in [0.4, 0.5) is 9.59 Å². The molecule has 1 fully saturated rings. The Morgan fingerprint density at radius 1 is 1.17 bits per heavy atom. The highest BCUT2D eigenvalue weighted by molar-refractivity contribution is 6.08. The fraction of sp³-hybridized carbons (Fsp3) is 0.450. The highest BCUT2D eigenvalue weighted by Gasteiger charge is 2.48. The SMILES string of the molecule is CCCNC(=O)NC(=O)COC(=O)CN1C(=O)N[C@](C)(CCc2ccccc2)C1=O. The van der Waals surface area contributed by atoms with E-state index >= 15 is 0 Å². The summed E-state index contributed by atoms with van der Waals surface area (Å²) in [5, 5.41) is 7.05. The topological polar surface area (TPSA) is 134 Å². The molecule has 1 aromatic rings. The van der Waals surface area contributed by atoms with Crippen molar-refractivity contribution in [2.75, 3.05) is 19.7 Å². The smallest absolute Gasteiger partial charge is 0.326 e. The van der Waals surface area contributed by atoms with Gasteiger partial charge in [-0.1, -0.05) is 37.3 Å². The molecule has 0 radical (unpaired) electrons. The minimum absolute atomic E-state index is 0.364. The van der Waals surface area contributed by atoms with Crippen molar-refractivity contribution in [3.8, 4) is 0 Å². The molecule has 1 heterocycles. The van der Waals surface area contributed by atoms with Crippen LogP contribution in [0.1, 0.15) is 32.3 Å². The number of aryl methyl sites for hydroxylation is 1. The molecule has 1 saturated heterocycles. The Hall–Kier alpha value is -3.43. The largest absolute Gasteiger partial charge is 0.454 e. The van der Waals surface area contributed by atoms with Gasteiger partial charge >= 0.3 is 18.0 Å². The van der Waals surface area contributed by atoms with Crippen LogP contribution >= 0.6 is 0 Å². The molecule has 0 saturated carbocycles. The molecule has 0 unspecified atom stereocenters. The molecule has 0 bridgehead atoms. The van der Waals surface area contributed by atoms with Gasteiger partial charge in [-0.15, -0.1) is 0 Å².